The fourth-order valence-corrected chi connectivity index (χ4v) is 5.22. The van der Waals surface area contributed by atoms with Gasteiger partial charge in [-0.05, 0) is 43.2 Å². The van der Waals surface area contributed by atoms with Gasteiger partial charge in [0.05, 0.1) is 25.3 Å². The van der Waals surface area contributed by atoms with E-state index in [0.717, 1.165) is 44.8 Å². The van der Waals surface area contributed by atoms with Crippen LogP contribution in [0.1, 0.15) is 24.9 Å². The van der Waals surface area contributed by atoms with Gasteiger partial charge in [-0.15, -0.1) is 0 Å². The number of aliphatic hydroxyl groups is 1. The zero-order valence-corrected chi connectivity index (χ0v) is 24.8. The molecule has 45 heavy (non-hydrogen) atoms. The van der Waals surface area contributed by atoms with E-state index >= 15 is 4.39 Å². The number of hydrogen-bond donors (Lipinski definition) is 3. The second kappa shape index (κ2) is 14.2. The number of aromatic nitrogens is 2. The molecule has 6 rings (SSSR count). The van der Waals surface area contributed by atoms with Crippen LogP contribution in [0.5, 0.6) is 28.9 Å². The molecule has 3 heterocycles. The summed E-state index contributed by atoms with van der Waals surface area (Å²) in [6.45, 7) is 7.18. The Bertz CT molecular complexity index is 1610. The predicted molar refractivity (Wildman–Crippen MR) is 162 cm³/mol. The number of hydrogen-bond acceptors (Lipinski definition) is 11. The van der Waals surface area contributed by atoms with Crippen molar-refractivity contribution in [3.05, 3.63) is 72.1 Å². The van der Waals surface area contributed by atoms with Gasteiger partial charge in [-0.25, -0.2) is 18.7 Å². The lowest BCUT2D eigenvalue weighted by atomic mass is 10.1. The summed E-state index contributed by atoms with van der Waals surface area (Å²) in [6.07, 6.45) is 0.950. The number of halogens is 2. The maximum Gasteiger partial charge on any atom is 0.234 e. The summed E-state index contributed by atoms with van der Waals surface area (Å²) in [5.41, 5.74) is 1.59. The topological polar surface area (TPSA) is 119 Å². The van der Waals surface area contributed by atoms with Crippen LogP contribution in [0.15, 0.2) is 54.9 Å². The summed E-state index contributed by atoms with van der Waals surface area (Å²) in [7, 11) is 0. The van der Waals surface area contributed by atoms with E-state index in [9.17, 15) is 9.50 Å². The van der Waals surface area contributed by atoms with Gasteiger partial charge in [-0.3, -0.25) is 10.2 Å². The van der Waals surface area contributed by atoms with Crippen LogP contribution < -0.4 is 29.6 Å². The number of anilines is 1. The Balaban J connectivity index is 1.14. The molecule has 3 N–H and O–H groups in total. The van der Waals surface area contributed by atoms with Gasteiger partial charge in [0.15, 0.2) is 29.4 Å². The molecule has 2 atom stereocenters. The standard InChI is InChI=1S/C32H35F2N5O6/c1-20(21-3-5-22(33)6-4-21)37-32(40)38-23-7-8-26(24(34)17-23)45-31-28-25(35-19-36-31)18-27(29-30(28)44-16-15-43-29)42-12-2-9-39-10-13-41-14-11-39/h3-8,17-20,32,37-38,40H,2,9-16H2,1H3. The molecular weight excluding hydrogens is 588 g/mol. The lowest BCUT2D eigenvalue weighted by Crippen LogP contribution is -2.37. The van der Waals surface area contributed by atoms with Gasteiger partial charge in [0, 0.05) is 43.5 Å². The normalized spacial score (nSPS) is 16.3. The molecule has 4 aromatic rings. The first-order chi connectivity index (χ1) is 21.9. The Morgan fingerprint density at radius 3 is 2.51 bits per heavy atom. The van der Waals surface area contributed by atoms with Crippen molar-refractivity contribution in [2.75, 3.05) is 58.0 Å². The molecule has 0 radical (unpaired) electrons. The predicted octanol–water partition coefficient (Wildman–Crippen LogP) is 4.61. The lowest BCUT2D eigenvalue weighted by Gasteiger charge is -2.26. The molecule has 2 unspecified atom stereocenters. The van der Waals surface area contributed by atoms with Crippen LogP contribution in [0.4, 0.5) is 14.5 Å². The average Bonchev–Trinajstić information content (AvgIpc) is 3.05. The molecule has 1 saturated heterocycles. The van der Waals surface area contributed by atoms with Gasteiger partial charge in [0.1, 0.15) is 30.7 Å². The zero-order valence-electron chi connectivity index (χ0n) is 24.8. The van der Waals surface area contributed by atoms with Crippen molar-refractivity contribution < 1.29 is 37.6 Å². The second-order valence-corrected chi connectivity index (χ2v) is 10.7. The Morgan fingerprint density at radius 2 is 1.73 bits per heavy atom. The molecule has 13 heteroatoms. The third kappa shape index (κ3) is 7.51. The summed E-state index contributed by atoms with van der Waals surface area (Å²) in [4.78, 5) is 11.0. The molecule has 1 aromatic heterocycles. The van der Waals surface area contributed by atoms with Crippen molar-refractivity contribution in [2.45, 2.75) is 25.7 Å². The van der Waals surface area contributed by atoms with E-state index in [0.29, 0.717) is 53.7 Å². The van der Waals surface area contributed by atoms with Crippen molar-refractivity contribution in [1.82, 2.24) is 20.2 Å². The quantitative estimate of drug-likeness (QED) is 0.152. The van der Waals surface area contributed by atoms with Gasteiger partial charge < -0.3 is 34.1 Å². The maximum atomic E-state index is 15.2. The van der Waals surface area contributed by atoms with E-state index in [1.54, 1.807) is 24.3 Å². The summed E-state index contributed by atoms with van der Waals surface area (Å²) in [6, 6.07) is 11.6. The largest absolute Gasteiger partial charge is 0.489 e. The molecular formula is C32H35F2N5O6. The van der Waals surface area contributed by atoms with Crippen LogP contribution in [-0.2, 0) is 4.74 Å². The minimum absolute atomic E-state index is 0.0865. The molecule has 238 valence electrons. The fraction of sp³-hybridized carbons (Fsp3) is 0.375. The Hall–Kier alpha value is -4.30. The van der Waals surface area contributed by atoms with Gasteiger partial charge in [-0.1, -0.05) is 12.1 Å². The number of nitrogens with zero attached hydrogens (tertiary/aromatic N) is 3. The highest BCUT2D eigenvalue weighted by atomic mass is 19.1. The smallest absolute Gasteiger partial charge is 0.234 e. The molecule has 0 bridgehead atoms. The van der Waals surface area contributed by atoms with Gasteiger partial charge in [-0.2, -0.15) is 0 Å². The Morgan fingerprint density at radius 1 is 0.956 bits per heavy atom. The Labute approximate surface area is 259 Å². The first-order valence-electron chi connectivity index (χ1n) is 14.9. The van der Waals surface area contributed by atoms with Crippen molar-refractivity contribution in [3.8, 4) is 28.9 Å². The van der Waals surface area contributed by atoms with Gasteiger partial charge in [0.2, 0.25) is 11.6 Å². The number of nitrogens with one attached hydrogen (secondary N) is 2. The van der Waals surface area contributed by atoms with E-state index in [-0.39, 0.29) is 23.5 Å². The molecule has 3 aromatic carbocycles. The fourth-order valence-electron chi connectivity index (χ4n) is 5.22. The van der Waals surface area contributed by atoms with E-state index in [4.69, 9.17) is 23.7 Å². The molecule has 2 aliphatic rings. The number of ether oxygens (including phenoxy) is 5. The number of morpholine rings is 1. The third-order valence-electron chi connectivity index (χ3n) is 7.54. The second-order valence-electron chi connectivity index (χ2n) is 10.7. The summed E-state index contributed by atoms with van der Waals surface area (Å²) < 4.78 is 57.8. The van der Waals surface area contributed by atoms with E-state index in [1.807, 2.05) is 6.92 Å². The summed E-state index contributed by atoms with van der Waals surface area (Å²) >= 11 is 0. The van der Waals surface area contributed by atoms with Crippen molar-refractivity contribution in [2.24, 2.45) is 0 Å². The highest BCUT2D eigenvalue weighted by molar-refractivity contribution is 5.94. The number of benzene rings is 3. The average molecular weight is 624 g/mol. The molecule has 2 aliphatic heterocycles. The number of aliphatic hydroxyl groups excluding tert-OH is 1. The first kappa shape index (κ1) is 30.7. The third-order valence-corrected chi connectivity index (χ3v) is 7.54. The minimum atomic E-state index is -1.21. The van der Waals surface area contributed by atoms with Crippen molar-refractivity contribution in [3.63, 3.8) is 0 Å². The number of fused-ring (bicyclic) bond motifs is 3. The molecule has 0 saturated carbocycles. The summed E-state index contributed by atoms with van der Waals surface area (Å²) in [5, 5.41) is 16.6. The van der Waals surface area contributed by atoms with Crippen LogP contribution in [0.25, 0.3) is 10.9 Å². The maximum absolute atomic E-state index is 15.2. The van der Waals surface area contributed by atoms with Crippen molar-refractivity contribution in [1.29, 1.82) is 0 Å². The number of rotatable bonds is 12. The van der Waals surface area contributed by atoms with E-state index in [2.05, 4.69) is 25.5 Å². The molecule has 11 nitrogen and oxygen atoms in total. The highest BCUT2D eigenvalue weighted by Gasteiger charge is 2.26. The molecule has 0 spiro atoms. The van der Waals surface area contributed by atoms with E-state index < -0.39 is 12.2 Å². The lowest BCUT2D eigenvalue weighted by molar-refractivity contribution is 0.0357. The zero-order chi connectivity index (χ0) is 31.2. The van der Waals surface area contributed by atoms with Crippen LogP contribution in [0.2, 0.25) is 0 Å². The van der Waals surface area contributed by atoms with E-state index in [1.165, 1.54) is 30.6 Å². The Kier molecular flexibility index (Phi) is 9.69. The van der Waals surface area contributed by atoms with Crippen LogP contribution in [0.3, 0.4) is 0 Å². The SMILES string of the molecule is CC(NC(O)Nc1ccc(Oc2ncnc3cc(OCCCN4CCOCC4)c4c(c23)OCCO4)c(F)c1)c1ccc(F)cc1. The minimum Gasteiger partial charge on any atom is -0.489 e. The first-order valence-corrected chi connectivity index (χ1v) is 14.9. The van der Waals surface area contributed by atoms with Crippen LogP contribution >= 0.6 is 0 Å². The van der Waals surface area contributed by atoms with Crippen molar-refractivity contribution >= 4 is 16.6 Å². The highest BCUT2D eigenvalue weighted by Crippen LogP contribution is 2.48. The van der Waals surface area contributed by atoms with Gasteiger partial charge >= 0.3 is 0 Å². The van der Waals surface area contributed by atoms with Crippen LogP contribution in [-0.4, -0.2) is 79.0 Å². The summed E-state index contributed by atoms with van der Waals surface area (Å²) in [5.74, 6) is 0.286. The molecule has 0 aliphatic carbocycles. The van der Waals surface area contributed by atoms with Crippen LogP contribution in [0, 0.1) is 11.6 Å². The monoisotopic (exact) mass is 623 g/mol. The molecule has 0 amide bonds. The van der Waals surface area contributed by atoms with Gasteiger partial charge in [0.25, 0.3) is 0 Å². The molecule has 1 fully saturated rings.